The highest BCUT2D eigenvalue weighted by Crippen LogP contribution is 2.22. The van der Waals surface area contributed by atoms with E-state index in [2.05, 4.69) is 5.32 Å². The van der Waals surface area contributed by atoms with Gasteiger partial charge in [0.05, 0.1) is 11.5 Å². The van der Waals surface area contributed by atoms with Crippen LogP contribution in [0.1, 0.15) is 5.56 Å². The fourth-order valence-corrected chi connectivity index (χ4v) is 1.47. The van der Waals surface area contributed by atoms with Gasteiger partial charge in [-0.1, -0.05) is 11.6 Å². The monoisotopic (exact) mass is 244 g/mol. The van der Waals surface area contributed by atoms with Gasteiger partial charge in [0.2, 0.25) is 0 Å². The summed E-state index contributed by atoms with van der Waals surface area (Å²) in [6.07, 6.45) is 0. The number of methoxy groups -OCH3 is 1. The van der Waals surface area contributed by atoms with E-state index in [4.69, 9.17) is 16.3 Å². The van der Waals surface area contributed by atoms with Crippen molar-refractivity contribution < 1.29 is 9.66 Å². The first-order chi connectivity index (χ1) is 7.65. The lowest BCUT2D eigenvalue weighted by atomic mass is 10.2. The van der Waals surface area contributed by atoms with Gasteiger partial charge >= 0.3 is 0 Å². The molecule has 16 heavy (non-hydrogen) atoms. The molecule has 0 fully saturated rings. The lowest BCUT2D eigenvalue weighted by Gasteiger charge is -2.05. The predicted molar refractivity (Wildman–Crippen MR) is 61.7 cm³/mol. The van der Waals surface area contributed by atoms with E-state index in [9.17, 15) is 10.1 Å². The summed E-state index contributed by atoms with van der Waals surface area (Å²) < 4.78 is 4.86. The molecule has 0 amide bonds. The van der Waals surface area contributed by atoms with Gasteiger partial charge in [-0.25, -0.2) is 0 Å². The zero-order valence-corrected chi connectivity index (χ0v) is 9.66. The number of nitrogens with one attached hydrogen (secondary N) is 1. The second kappa shape index (κ2) is 6.42. The SMILES string of the molecule is COCCNCc1cc(Cl)ccc1[N+](=O)[O-]. The Hall–Kier alpha value is -1.17. The van der Waals surface area contributed by atoms with Crippen LogP contribution in [0.4, 0.5) is 5.69 Å². The van der Waals surface area contributed by atoms with Gasteiger partial charge in [-0.15, -0.1) is 0 Å². The molecular weight excluding hydrogens is 232 g/mol. The van der Waals surface area contributed by atoms with Crippen LogP contribution >= 0.6 is 11.6 Å². The summed E-state index contributed by atoms with van der Waals surface area (Å²) in [6.45, 7) is 1.61. The zero-order chi connectivity index (χ0) is 12.0. The van der Waals surface area contributed by atoms with Crippen molar-refractivity contribution in [3.63, 3.8) is 0 Å². The van der Waals surface area contributed by atoms with Crippen molar-refractivity contribution in [1.29, 1.82) is 0 Å². The summed E-state index contributed by atoms with van der Waals surface area (Å²) in [5, 5.41) is 14.3. The van der Waals surface area contributed by atoms with Crippen LogP contribution in [0.2, 0.25) is 5.02 Å². The third-order valence-electron chi connectivity index (χ3n) is 2.04. The second-order valence-electron chi connectivity index (χ2n) is 3.20. The first kappa shape index (κ1) is 12.9. The van der Waals surface area contributed by atoms with Crippen LogP contribution < -0.4 is 5.32 Å². The van der Waals surface area contributed by atoms with E-state index in [1.807, 2.05) is 0 Å². The molecule has 1 aromatic carbocycles. The molecule has 88 valence electrons. The molecule has 0 aliphatic carbocycles. The third kappa shape index (κ3) is 3.77. The molecule has 0 spiro atoms. The van der Waals surface area contributed by atoms with Crippen molar-refractivity contribution in [1.82, 2.24) is 5.32 Å². The van der Waals surface area contributed by atoms with Gasteiger partial charge in [0.25, 0.3) is 5.69 Å². The summed E-state index contributed by atoms with van der Waals surface area (Å²) in [4.78, 5) is 10.3. The van der Waals surface area contributed by atoms with Crippen molar-refractivity contribution in [2.24, 2.45) is 0 Å². The van der Waals surface area contributed by atoms with E-state index in [1.54, 1.807) is 13.2 Å². The van der Waals surface area contributed by atoms with Crippen molar-refractivity contribution >= 4 is 17.3 Å². The molecule has 0 aliphatic heterocycles. The Kier molecular flexibility index (Phi) is 5.18. The Morgan fingerprint density at radius 1 is 1.56 bits per heavy atom. The maximum absolute atomic E-state index is 10.7. The normalized spacial score (nSPS) is 10.4. The molecule has 1 aromatic rings. The summed E-state index contributed by atoms with van der Waals surface area (Å²) in [5.41, 5.74) is 0.655. The van der Waals surface area contributed by atoms with Crippen molar-refractivity contribution in [3.8, 4) is 0 Å². The Balaban J connectivity index is 2.68. The minimum Gasteiger partial charge on any atom is -0.383 e. The standard InChI is InChI=1S/C10H13ClN2O3/c1-16-5-4-12-7-8-6-9(11)2-3-10(8)13(14)15/h2-3,6,12H,4-5,7H2,1H3. The van der Waals surface area contributed by atoms with Gasteiger partial charge in [0.1, 0.15) is 0 Å². The summed E-state index contributed by atoms with van der Waals surface area (Å²) in [5.74, 6) is 0. The van der Waals surface area contributed by atoms with Gasteiger partial charge in [-0.3, -0.25) is 10.1 Å². The van der Waals surface area contributed by atoms with Crippen molar-refractivity contribution in [2.75, 3.05) is 20.3 Å². The maximum atomic E-state index is 10.7. The van der Waals surface area contributed by atoms with Gasteiger partial charge in [-0.2, -0.15) is 0 Å². The van der Waals surface area contributed by atoms with E-state index in [0.717, 1.165) is 0 Å². The fourth-order valence-electron chi connectivity index (χ4n) is 1.27. The maximum Gasteiger partial charge on any atom is 0.273 e. The van der Waals surface area contributed by atoms with E-state index in [0.29, 0.717) is 30.3 Å². The predicted octanol–water partition coefficient (Wildman–Crippen LogP) is 1.98. The van der Waals surface area contributed by atoms with Gasteiger partial charge in [0, 0.05) is 36.9 Å². The molecular formula is C10H13ClN2O3. The molecule has 0 saturated carbocycles. The molecule has 1 N–H and O–H groups in total. The third-order valence-corrected chi connectivity index (χ3v) is 2.27. The molecule has 1 rings (SSSR count). The number of hydrogen-bond donors (Lipinski definition) is 1. The van der Waals surface area contributed by atoms with Crippen LogP contribution in [0.3, 0.4) is 0 Å². The quantitative estimate of drug-likeness (QED) is 0.472. The summed E-state index contributed by atoms with van der Waals surface area (Å²) in [6, 6.07) is 4.52. The fraction of sp³-hybridized carbons (Fsp3) is 0.400. The number of halogens is 1. The molecule has 0 bridgehead atoms. The van der Waals surface area contributed by atoms with Gasteiger partial charge in [-0.05, 0) is 12.1 Å². The van der Waals surface area contributed by atoms with Gasteiger partial charge < -0.3 is 10.1 Å². The lowest BCUT2D eigenvalue weighted by Crippen LogP contribution is -2.19. The van der Waals surface area contributed by atoms with E-state index in [1.165, 1.54) is 12.1 Å². The number of benzene rings is 1. The highest BCUT2D eigenvalue weighted by molar-refractivity contribution is 6.30. The Morgan fingerprint density at radius 3 is 2.94 bits per heavy atom. The highest BCUT2D eigenvalue weighted by atomic mass is 35.5. The Bertz CT molecular complexity index is 371. The lowest BCUT2D eigenvalue weighted by molar-refractivity contribution is -0.385. The number of rotatable bonds is 6. The average Bonchev–Trinajstić information content (AvgIpc) is 2.24. The zero-order valence-electron chi connectivity index (χ0n) is 8.90. The average molecular weight is 245 g/mol. The molecule has 0 radical (unpaired) electrons. The number of nitro groups is 1. The van der Waals surface area contributed by atoms with Crippen LogP contribution in [-0.2, 0) is 11.3 Å². The molecule has 5 nitrogen and oxygen atoms in total. The molecule has 0 atom stereocenters. The van der Waals surface area contributed by atoms with Crippen molar-refractivity contribution in [3.05, 3.63) is 38.9 Å². The summed E-state index contributed by atoms with van der Waals surface area (Å²) in [7, 11) is 1.60. The second-order valence-corrected chi connectivity index (χ2v) is 3.64. The number of nitro benzene ring substituents is 1. The van der Waals surface area contributed by atoms with E-state index < -0.39 is 4.92 Å². The smallest absolute Gasteiger partial charge is 0.273 e. The Morgan fingerprint density at radius 2 is 2.31 bits per heavy atom. The minimum absolute atomic E-state index is 0.0781. The number of hydrogen-bond acceptors (Lipinski definition) is 4. The van der Waals surface area contributed by atoms with Gasteiger partial charge in [0.15, 0.2) is 0 Å². The van der Waals surface area contributed by atoms with Crippen LogP contribution in [0, 0.1) is 10.1 Å². The van der Waals surface area contributed by atoms with Crippen LogP contribution in [0.15, 0.2) is 18.2 Å². The number of ether oxygens (including phenoxy) is 1. The molecule has 0 aliphatic rings. The van der Waals surface area contributed by atoms with Crippen molar-refractivity contribution in [2.45, 2.75) is 6.54 Å². The van der Waals surface area contributed by atoms with E-state index >= 15 is 0 Å². The topological polar surface area (TPSA) is 64.4 Å². The Labute approximate surface area is 98.5 Å². The van der Waals surface area contributed by atoms with Crippen LogP contribution in [-0.4, -0.2) is 25.2 Å². The molecule has 0 saturated heterocycles. The largest absolute Gasteiger partial charge is 0.383 e. The van der Waals surface area contributed by atoms with Crippen LogP contribution in [0.5, 0.6) is 0 Å². The molecule has 0 heterocycles. The highest BCUT2D eigenvalue weighted by Gasteiger charge is 2.12. The molecule has 0 unspecified atom stereocenters. The first-order valence-electron chi connectivity index (χ1n) is 4.77. The first-order valence-corrected chi connectivity index (χ1v) is 5.15. The van der Waals surface area contributed by atoms with Crippen LogP contribution in [0.25, 0.3) is 0 Å². The summed E-state index contributed by atoms with van der Waals surface area (Å²) >= 11 is 5.79. The minimum atomic E-state index is -0.413. The number of nitrogens with zero attached hydrogens (tertiary/aromatic N) is 1. The molecule has 6 heteroatoms. The van der Waals surface area contributed by atoms with E-state index in [-0.39, 0.29) is 5.69 Å². The molecule has 0 aromatic heterocycles.